The van der Waals surface area contributed by atoms with Crippen LogP contribution in [0.25, 0.3) is 0 Å². The standard InChI is InChI=1S/C15H22O4/c1-7-4-5-9-8(2)14(18)19-13(9)15(3)10(7)6-11(16)12(15)17/h7,9-13,16-17H,2,4-6H2,1,3H3/t7?,9?,10-,11+,12+,13?,15?/m0/s1. The summed E-state index contributed by atoms with van der Waals surface area (Å²) in [5, 5.41) is 20.5. The summed E-state index contributed by atoms with van der Waals surface area (Å²) in [5.41, 5.74) is -0.0255. The molecule has 0 spiro atoms. The number of carbonyl (C=O) groups excluding carboxylic acids is 1. The predicted octanol–water partition coefficient (Wildman–Crippen LogP) is 1.26. The third-order valence-electron chi connectivity index (χ3n) is 5.84. The van der Waals surface area contributed by atoms with Crippen molar-refractivity contribution in [2.75, 3.05) is 0 Å². The van der Waals surface area contributed by atoms with Crippen molar-refractivity contribution in [2.24, 2.45) is 23.2 Å². The highest BCUT2D eigenvalue weighted by Gasteiger charge is 2.63. The Morgan fingerprint density at radius 3 is 2.74 bits per heavy atom. The summed E-state index contributed by atoms with van der Waals surface area (Å²) >= 11 is 0. The number of aliphatic hydroxyl groups is 2. The largest absolute Gasteiger partial charge is 0.458 e. The van der Waals surface area contributed by atoms with E-state index in [2.05, 4.69) is 13.5 Å². The van der Waals surface area contributed by atoms with Gasteiger partial charge in [0.1, 0.15) is 6.10 Å². The van der Waals surface area contributed by atoms with Crippen molar-refractivity contribution in [3.63, 3.8) is 0 Å². The molecule has 1 heterocycles. The fourth-order valence-electron chi connectivity index (χ4n) is 4.64. The van der Waals surface area contributed by atoms with Crippen molar-refractivity contribution < 1.29 is 19.7 Å². The lowest BCUT2D eigenvalue weighted by Gasteiger charge is -2.40. The van der Waals surface area contributed by atoms with Crippen LogP contribution in [0.3, 0.4) is 0 Å². The van der Waals surface area contributed by atoms with Gasteiger partial charge in [0.2, 0.25) is 0 Å². The second kappa shape index (κ2) is 4.06. The van der Waals surface area contributed by atoms with E-state index in [1.807, 2.05) is 6.92 Å². The lowest BCUT2D eigenvalue weighted by atomic mass is 9.68. The van der Waals surface area contributed by atoms with Crippen LogP contribution < -0.4 is 0 Å². The quantitative estimate of drug-likeness (QED) is 0.512. The van der Waals surface area contributed by atoms with Gasteiger partial charge in [0, 0.05) is 16.9 Å². The number of fused-ring (bicyclic) bond motifs is 3. The van der Waals surface area contributed by atoms with Crippen molar-refractivity contribution in [3.05, 3.63) is 12.2 Å². The van der Waals surface area contributed by atoms with E-state index in [0.29, 0.717) is 17.9 Å². The van der Waals surface area contributed by atoms with Gasteiger partial charge in [-0.1, -0.05) is 20.4 Å². The lowest BCUT2D eigenvalue weighted by Crippen LogP contribution is -2.48. The highest BCUT2D eigenvalue weighted by molar-refractivity contribution is 5.91. The van der Waals surface area contributed by atoms with Gasteiger partial charge in [-0.2, -0.15) is 0 Å². The summed E-state index contributed by atoms with van der Waals surface area (Å²) < 4.78 is 5.53. The van der Waals surface area contributed by atoms with Crippen LogP contribution in [0, 0.1) is 23.2 Å². The minimum Gasteiger partial charge on any atom is -0.458 e. The normalized spacial score (nSPS) is 53.5. The van der Waals surface area contributed by atoms with Crippen molar-refractivity contribution in [1.29, 1.82) is 0 Å². The molecule has 19 heavy (non-hydrogen) atoms. The zero-order chi connectivity index (χ0) is 13.9. The maximum Gasteiger partial charge on any atom is 0.334 e. The maximum atomic E-state index is 11.8. The zero-order valence-electron chi connectivity index (χ0n) is 11.5. The van der Waals surface area contributed by atoms with Gasteiger partial charge in [0.25, 0.3) is 0 Å². The molecule has 3 rings (SSSR count). The molecule has 0 bridgehead atoms. The van der Waals surface area contributed by atoms with Gasteiger partial charge in [-0.25, -0.2) is 4.79 Å². The highest BCUT2D eigenvalue weighted by Crippen LogP contribution is 2.58. The van der Waals surface area contributed by atoms with Gasteiger partial charge in [-0.05, 0) is 31.1 Å². The van der Waals surface area contributed by atoms with E-state index in [0.717, 1.165) is 12.8 Å². The average Bonchev–Trinajstić information content (AvgIpc) is 2.74. The summed E-state index contributed by atoms with van der Waals surface area (Å²) in [6.07, 6.45) is 0.566. The van der Waals surface area contributed by atoms with Crippen LogP contribution in [0.1, 0.15) is 33.1 Å². The lowest BCUT2D eigenvalue weighted by molar-refractivity contribution is -0.154. The molecular weight excluding hydrogens is 244 g/mol. The smallest absolute Gasteiger partial charge is 0.334 e. The Labute approximate surface area is 113 Å². The molecule has 7 atom stereocenters. The third-order valence-corrected chi connectivity index (χ3v) is 5.84. The summed E-state index contributed by atoms with van der Waals surface area (Å²) in [7, 11) is 0. The summed E-state index contributed by atoms with van der Waals surface area (Å²) in [6, 6.07) is 0. The summed E-state index contributed by atoms with van der Waals surface area (Å²) in [4.78, 5) is 11.8. The molecule has 0 amide bonds. The van der Waals surface area contributed by atoms with Gasteiger partial charge in [0.05, 0.1) is 12.2 Å². The van der Waals surface area contributed by atoms with Gasteiger partial charge in [0.15, 0.2) is 0 Å². The Morgan fingerprint density at radius 2 is 2.05 bits per heavy atom. The number of ether oxygens (including phenoxy) is 1. The Balaban J connectivity index is 2.06. The molecule has 0 aromatic carbocycles. The van der Waals surface area contributed by atoms with Crippen molar-refractivity contribution >= 4 is 5.97 Å². The van der Waals surface area contributed by atoms with Crippen LogP contribution in [-0.2, 0) is 9.53 Å². The summed E-state index contributed by atoms with van der Waals surface area (Å²) in [6.45, 7) is 7.99. The molecule has 2 N–H and O–H groups in total. The first-order valence-electron chi connectivity index (χ1n) is 7.13. The number of aliphatic hydroxyl groups excluding tert-OH is 2. The van der Waals surface area contributed by atoms with Crippen LogP contribution in [-0.4, -0.2) is 34.5 Å². The fourth-order valence-corrected chi connectivity index (χ4v) is 4.64. The molecule has 2 aliphatic carbocycles. The van der Waals surface area contributed by atoms with Crippen molar-refractivity contribution in [2.45, 2.75) is 51.4 Å². The molecule has 106 valence electrons. The molecule has 4 heteroatoms. The monoisotopic (exact) mass is 266 g/mol. The first-order chi connectivity index (χ1) is 8.87. The van der Waals surface area contributed by atoms with E-state index in [9.17, 15) is 15.0 Å². The fraction of sp³-hybridized carbons (Fsp3) is 0.800. The van der Waals surface area contributed by atoms with Gasteiger partial charge >= 0.3 is 5.97 Å². The van der Waals surface area contributed by atoms with Crippen LogP contribution in [0.2, 0.25) is 0 Å². The second-order valence-electron chi connectivity index (χ2n) is 6.73. The topological polar surface area (TPSA) is 66.8 Å². The Kier molecular flexibility index (Phi) is 2.81. The highest BCUT2D eigenvalue weighted by atomic mass is 16.6. The van der Waals surface area contributed by atoms with E-state index in [4.69, 9.17) is 4.74 Å². The van der Waals surface area contributed by atoms with Gasteiger partial charge in [-0.15, -0.1) is 0 Å². The summed E-state index contributed by atoms with van der Waals surface area (Å²) in [5.74, 6) is 0.253. The molecule has 3 fully saturated rings. The minimum atomic E-state index is -0.829. The number of rotatable bonds is 0. The first kappa shape index (κ1) is 13.1. The SMILES string of the molecule is C=C1C(=O)OC2C1CCC(C)[C@@H]1C[C@@H](O)[C@@H](O)C21C. The van der Waals surface area contributed by atoms with E-state index < -0.39 is 17.6 Å². The Bertz CT molecular complexity index is 432. The molecule has 0 radical (unpaired) electrons. The van der Waals surface area contributed by atoms with Crippen molar-refractivity contribution in [1.82, 2.24) is 0 Å². The molecule has 1 saturated heterocycles. The Hall–Kier alpha value is -0.870. The van der Waals surface area contributed by atoms with Crippen molar-refractivity contribution in [3.8, 4) is 0 Å². The number of hydrogen-bond donors (Lipinski definition) is 2. The van der Waals surface area contributed by atoms with E-state index in [1.54, 1.807) is 0 Å². The number of hydrogen-bond acceptors (Lipinski definition) is 4. The van der Waals surface area contributed by atoms with E-state index in [1.165, 1.54) is 0 Å². The first-order valence-corrected chi connectivity index (χ1v) is 7.13. The Morgan fingerprint density at radius 1 is 1.37 bits per heavy atom. The third kappa shape index (κ3) is 1.56. The maximum absolute atomic E-state index is 11.8. The van der Waals surface area contributed by atoms with Crippen LogP contribution in [0.4, 0.5) is 0 Å². The minimum absolute atomic E-state index is 0.00935. The molecular formula is C15H22O4. The van der Waals surface area contributed by atoms with Crippen LogP contribution in [0.5, 0.6) is 0 Å². The molecule has 1 aliphatic heterocycles. The number of esters is 1. The number of carbonyl (C=O) groups is 1. The van der Waals surface area contributed by atoms with Gasteiger partial charge < -0.3 is 14.9 Å². The average molecular weight is 266 g/mol. The molecule has 4 nitrogen and oxygen atoms in total. The molecule has 0 aromatic heterocycles. The van der Waals surface area contributed by atoms with E-state index in [-0.39, 0.29) is 23.9 Å². The van der Waals surface area contributed by atoms with Crippen LogP contribution >= 0.6 is 0 Å². The predicted molar refractivity (Wildman–Crippen MR) is 69.1 cm³/mol. The zero-order valence-corrected chi connectivity index (χ0v) is 11.5. The van der Waals surface area contributed by atoms with Crippen LogP contribution in [0.15, 0.2) is 12.2 Å². The molecule has 3 aliphatic rings. The molecule has 0 aromatic rings. The van der Waals surface area contributed by atoms with Gasteiger partial charge in [-0.3, -0.25) is 0 Å². The second-order valence-corrected chi connectivity index (χ2v) is 6.73. The molecule has 2 saturated carbocycles. The molecule has 4 unspecified atom stereocenters. The van der Waals surface area contributed by atoms with E-state index >= 15 is 0 Å².